The first kappa shape index (κ1) is 18.9. The smallest absolute Gasteiger partial charge is 0.315 e. The zero-order valence-corrected chi connectivity index (χ0v) is 15.4. The summed E-state index contributed by atoms with van der Waals surface area (Å²) in [5, 5.41) is 5.28. The zero-order valence-electron chi connectivity index (χ0n) is 15.4. The molecule has 0 saturated heterocycles. The highest BCUT2D eigenvalue weighted by Crippen LogP contribution is 2.28. The predicted octanol–water partition coefficient (Wildman–Crippen LogP) is 3.12. The Morgan fingerprint density at radius 2 is 1.63 bits per heavy atom. The lowest BCUT2D eigenvalue weighted by Crippen LogP contribution is -2.44. The minimum Gasteiger partial charge on any atom is -0.334 e. The summed E-state index contributed by atoms with van der Waals surface area (Å²) in [4.78, 5) is 26.3. The molecule has 1 aliphatic rings. The highest BCUT2D eigenvalue weighted by atomic mass is 19.1. The monoisotopic (exact) mass is 369 g/mol. The zero-order chi connectivity index (χ0) is 19.2. The maximum Gasteiger partial charge on any atom is 0.315 e. The van der Waals surface area contributed by atoms with Gasteiger partial charge in [0.2, 0.25) is 5.91 Å². The van der Waals surface area contributed by atoms with Crippen LogP contribution in [0.15, 0.2) is 48.5 Å². The second-order valence-corrected chi connectivity index (χ2v) is 6.90. The Bertz CT molecular complexity index is 786. The van der Waals surface area contributed by atoms with Crippen molar-refractivity contribution >= 4 is 11.9 Å². The van der Waals surface area contributed by atoms with Crippen LogP contribution in [0, 0.1) is 12.7 Å². The molecule has 6 heteroatoms. The van der Waals surface area contributed by atoms with E-state index < -0.39 is 6.03 Å². The molecule has 0 spiro atoms. The van der Waals surface area contributed by atoms with Crippen molar-refractivity contribution in [2.45, 2.75) is 38.9 Å². The van der Waals surface area contributed by atoms with Gasteiger partial charge in [0, 0.05) is 19.1 Å². The van der Waals surface area contributed by atoms with Gasteiger partial charge in [-0.25, -0.2) is 9.18 Å². The van der Waals surface area contributed by atoms with Crippen molar-refractivity contribution in [3.63, 3.8) is 0 Å². The van der Waals surface area contributed by atoms with Crippen LogP contribution in [0.2, 0.25) is 0 Å². The molecule has 1 saturated carbocycles. The van der Waals surface area contributed by atoms with E-state index in [1.165, 1.54) is 17.7 Å². The Labute approximate surface area is 158 Å². The van der Waals surface area contributed by atoms with Crippen molar-refractivity contribution < 1.29 is 14.0 Å². The highest BCUT2D eigenvalue weighted by molar-refractivity contribution is 5.84. The molecule has 0 aliphatic heterocycles. The molecule has 0 bridgehead atoms. The van der Waals surface area contributed by atoms with Crippen molar-refractivity contribution in [3.05, 3.63) is 71.0 Å². The molecule has 3 amide bonds. The van der Waals surface area contributed by atoms with E-state index in [0.29, 0.717) is 6.54 Å². The number of amides is 3. The van der Waals surface area contributed by atoms with Crippen molar-refractivity contribution in [2.75, 3.05) is 6.54 Å². The molecule has 2 aromatic rings. The lowest BCUT2D eigenvalue weighted by atomic mass is 10.1. The summed E-state index contributed by atoms with van der Waals surface area (Å²) in [6, 6.07) is 13.9. The summed E-state index contributed by atoms with van der Waals surface area (Å²) in [6.07, 6.45) is 2.02. The van der Waals surface area contributed by atoms with Crippen molar-refractivity contribution in [3.8, 4) is 0 Å². The van der Waals surface area contributed by atoms with Gasteiger partial charge in [-0.3, -0.25) is 4.79 Å². The van der Waals surface area contributed by atoms with Crippen molar-refractivity contribution in [1.29, 1.82) is 0 Å². The summed E-state index contributed by atoms with van der Waals surface area (Å²) in [5.74, 6) is -0.405. The van der Waals surface area contributed by atoms with Gasteiger partial charge in [-0.15, -0.1) is 0 Å². The number of carbonyl (C=O) groups is 2. The van der Waals surface area contributed by atoms with Gasteiger partial charge in [0.25, 0.3) is 0 Å². The van der Waals surface area contributed by atoms with Crippen molar-refractivity contribution in [2.24, 2.45) is 0 Å². The molecule has 142 valence electrons. The number of nitrogens with one attached hydrogen (secondary N) is 2. The van der Waals surface area contributed by atoms with E-state index in [0.717, 1.165) is 24.0 Å². The third-order valence-electron chi connectivity index (χ3n) is 4.55. The quantitative estimate of drug-likeness (QED) is 0.788. The second-order valence-electron chi connectivity index (χ2n) is 6.90. The highest BCUT2D eigenvalue weighted by Gasteiger charge is 2.32. The van der Waals surface area contributed by atoms with Crippen LogP contribution in [0.25, 0.3) is 0 Å². The SMILES string of the molecule is Cc1ccc(CN(C(=O)CNC(=O)NCc2ccc(F)cc2)C2CC2)cc1. The molecule has 0 radical (unpaired) electrons. The van der Waals surface area contributed by atoms with Crippen molar-refractivity contribution in [1.82, 2.24) is 15.5 Å². The van der Waals surface area contributed by atoms with Crippen LogP contribution >= 0.6 is 0 Å². The first-order valence-electron chi connectivity index (χ1n) is 9.12. The molecule has 5 nitrogen and oxygen atoms in total. The first-order valence-corrected chi connectivity index (χ1v) is 9.12. The minimum atomic E-state index is -0.418. The van der Waals surface area contributed by atoms with Gasteiger partial charge in [-0.1, -0.05) is 42.0 Å². The Balaban J connectivity index is 1.46. The normalized spacial score (nSPS) is 13.1. The van der Waals surface area contributed by atoms with Crippen LogP contribution in [0.4, 0.5) is 9.18 Å². The van der Waals surface area contributed by atoms with E-state index in [4.69, 9.17) is 0 Å². The topological polar surface area (TPSA) is 61.4 Å². The number of hydrogen-bond acceptors (Lipinski definition) is 2. The molecule has 0 aromatic heterocycles. The molecule has 0 atom stereocenters. The summed E-state index contributed by atoms with van der Waals surface area (Å²) >= 11 is 0. The van der Waals surface area contributed by atoms with Crippen LogP contribution in [0.3, 0.4) is 0 Å². The van der Waals surface area contributed by atoms with Crippen LogP contribution < -0.4 is 10.6 Å². The van der Waals surface area contributed by atoms with Gasteiger partial charge in [-0.05, 0) is 43.0 Å². The van der Waals surface area contributed by atoms with E-state index in [9.17, 15) is 14.0 Å². The fourth-order valence-electron chi connectivity index (χ4n) is 2.80. The van der Waals surface area contributed by atoms with E-state index in [1.54, 1.807) is 12.1 Å². The number of hydrogen-bond donors (Lipinski definition) is 2. The lowest BCUT2D eigenvalue weighted by molar-refractivity contribution is -0.131. The first-order chi connectivity index (χ1) is 13.0. The average molecular weight is 369 g/mol. The summed E-state index contributed by atoms with van der Waals surface area (Å²) in [5.41, 5.74) is 3.06. The number of halogens is 1. The number of nitrogens with zero attached hydrogens (tertiary/aromatic N) is 1. The van der Waals surface area contributed by atoms with Gasteiger partial charge in [0.15, 0.2) is 0 Å². The lowest BCUT2D eigenvalue weighted by Gasteiger charge is -2.23. The van der Waals surface area contributed by atoms with Crippen LogP contribution in [0.1, 0.15) is 29.5 Å². The number of rotatable bonds is 7. The Morgan fingerprint density at radius 3 is 2.26 bits per heavy atom. The molecular weight excluding hydrogens is 345 g/mol. The molecule has 2 aromatic carbocycles. The maximum absolute atomic E-state index is 12.9. The van der Waals surface area contributed by atoms with Crippen LogP contribution in [0.5, 0.6) is 0 Å². The molecule has 2 N–H and O–H groups in total. The van der Waals surface area contributed by atoms with Gasteiger partial charge in [0.05, 0.1) is 6.54 Å². The van der Waals surface area contributed by atoms with E-state index in [-0.39, 0.29) is 30.9 Å². The average Bonchev–Trinajstić information content (AvgIpc) is 3.50. The van der Waals surface area contributed by atoms with Gasteiger partial charge in [-0.2, -0.15) is 0 Å². The predicted molar refractivity (Wildman–Crippen MR) is 101 cm³/mol. The van der Waals surface area contributed by atoms with E-state index in [2.05, 4.69) is 10.6 Å². The number of benzene rings is 2. The van der Waals surface area contributed by atoms with Gasteiger partial charge < -0.3 is 15.5 Å². The summed E-state index contributed by atoms with van der Waals surface area (Å²) in [7, 11) is 0. The van der Waals surface area contributed by atoms with E-state index in [1.807, 2.05) is 36.1 Å². The molecule has 0 heterocycles. The van der Waals surface area contributed by atoms with Crippen LogP contribution in [-0.4, -0.2) is 29.4 Å². The largest absolute Gasteiger partial charge is 0.334 e. The Kier molecular flexibility index (Phi) is 6.06. The Hall–Kier alpha value is -2.89. The fourth-order valence-corrected chi connectivity index (χ4v) is 2.80. The van der Waals surface area contributed by atoms with Gasteiger partial charge >= 0.3 is 6.03 Å². The Morgan fingerprint density at radius 1 is 1.00 bits per heavy atom. The molecular formula is C21H24FN3O2. The molecule has 1 fully saturated rings. The maximum atomic E-state index is 12.9. The second kappa shape index (κ2) is 8.66. The minimum absolute atomic E-state index is 0.0440. The van der Waals surface area contributed by atoms with E-state index >= 15 is 0 Å². The molecule has 27 heavy (non-hydrogen) atoms. The van der Waals surface area contributed by atoms with Crippen LogP contribution in [-0.2, 0) is 17.9 Å². The summed E-state index contributed by atoms with van der Waals surface area (Å²) in [6.45, 7) is 2.82. The number of carbonyl (C=O) groups excluding carboxylic acids is 2. The van der Waals surface area contributed by atoms with Gasteiger partial charge in [0.1, 0.15) is 5.82 Å². The number of aryl methyl sites for hydroxylation is 1. The molecule has 1 aliphatic carbocycles. The number of urea groups is 1. The molecule has 0 unspecified atom stereocenters. The fraction of sp³-hybridized carbons (Fsp3) is 0.333. The standard InChI is InChI=1S/C21H24FN3O2/c1-15-2-4-17(5-3-15)14-25(19-10-11-19)20(26)13-24-21(27)23-12-16-6-8-18(22)9-7-16/h2-9,19H,10-14H2,1H3,(H2,23,24,27). The third kappa shape index (κ3) is 5.81. The molecule has 3 rings (SSSR count). The third-order valence-corrected chi connectivity index (χ3v) is 4.55. The summed E-state index contributed by atoms with van der Waals surface area (Å²) < 4.78 is 12.9.